The monoisotopic (exact) mass is 294 g/mol. The van der Waals surface area contributed by atoms with E-state index in [4.69, 9.17) is 22.6 Å². The number of nitriles is 1. The van der Waals surface area contributed by atoms with Gasteiger partial charge in [0.2, 0.25) is 0 Å². The van der Waals surface area contributed by atoms with Crippen molar-refractivity contribution in [2.45, 2.75) is 0 Å². The maximum atomic E-state index is 11.5. The summed E-state index contributed by atoms with van der Waals surface area (Å²) in [6.07, 6.45) is 0. The molecule has 0 aliphatic rings. The van der Waals surface area contributed by atoms with Crippen LogP contribution in [-0.4, -0.2) is 23.0 Å². The van der Waals surface area contributed by atoms with Crippen LogP contribution in [0.5, 0.6) is 0 Å². The normalized spacial score (nSPS) is 9.95. The molecule has 2 rings (SSSR count). The highest BCUT2D eigenvalue weighted by atomic mass is 35.5. The Morgan fingerprint density at radius 1 is 1.53 bits per heavy atom. The van der Waals surface area contributed by atoms with Gasteiger partial charge in [-0.1, -0.05) is 11.6 Å². The van der Waals surface area contributed by atoms with E-state index >= 15 is 0 Å². The maximum Gasteiger partial charge on any atom is 0.358 e. The molecule has 19 heavy (non-hydrogen) atoms. The molecule has 2 heterocycles. The molecule has 2 N–H and O–H groups in total. The van der Waals surface area contributed by atoms with Crippen molar-refractivity contribution in [3.05, 3.63) is 27.7 Å². The molecule has 0 aliphatic carbocycles. The molecular weight excluding hydrogens is 288 g/mol. The van der Waals surface area contributed by atoms with Crippen LogP contribution in [0.15, 0.2) is 12.1 Å². The van der Waals surface area contributed by atoms with E-state index in [2.05, 4.69) is 14.7 Å². The number of rotatable bonds is 2. The Morgan fingerprint density at radius 2 is 2.26 bits per heavy atom. The molecule has 2 aromatic heterocycles. The number of thiophene rings is 1. The largest absolute Gasteiger partial charge is 0.464 e. The van der Waals surface area contributed by atoms with Gasteiger partial charge in [0.1, 0.15) is 21.8 Å². The van der Waals surface area contributed by atoms with Crippen LogP contribution in [0.2, 0.25) is 5.02 Å². The number of carbonyl (C=O) groups excluding carboxylic acids is 1. The highest BCUT2D eigenvalue weighted by molar-refractivity contribution is 7.15. The van der Waals surface area contributed by atoms with E-state index < -0.39 is 5.97 Å². The average molecular weight is 295 g/mol. The smallest absolute Gasteiger partial charge is 0.358 e. The van der Waals surface area contributed by atoms with Crippen molar-refractivity contribution in [3.63, 3.8) is 0 Å². The van der Waals surface area contributed by atoms with Crippen LogP contribution in [0.3, 0.4) is 0 Å². The van der Waals surface area contributed by atoms with Crippen LogP contribution in [0, 0.1) is 11.3 Å². The van der Waals surface area contributed by atoms with Crippen molar-refractivity contribution in [3.8, 4) is 16.8 Å². The van der Waals surface area contributed by atoms with E-state index in [0.717, 1.165) is 0 Å². The van der Waals surface area contributed by atoms with Crippen molar-refractivity contribution in [1.29, 1.82) is 5.26 Å². The number of nitrogen functional groups attached to an aromatic ring is 1. The predicted octanol–water partition coefficient (Wildman–Crippen LogP) is 2.10. The van der Waals surface area contributed by atoms with Gasteiger partial charge in [-0.3, -0.25) is 0 Å². The number of hydrogen-bond acceptors (Lipinski definition) is 7. The molecule has 0 spiro atoms. The van der Waals surface area contributed by atoms with E-state index in [-0.39, 0.29) is 22.4 Å². The van der Waals surface area contributed by atoms with Crippen molar-refractivity contribution < 1.29 is 9.53 Å². The molecule has 0 unspecified atom stereocenters. The van der Waals surface area contributed by atoms with E-state index in [9.17, 15) is 4.79 Å². The molecular formula is C11H7ClN4O2S. The third-order valence-corrected chi connectivity index (χ3v) is 3.55. The van der Waals surface area contributed by atoms with Crippen LogP contribution in [0.1, 0.15) is 15.4 Å². The summed E-state index contributed by atoms with van der Waals surface area (Å²) in [6.45, 7) is 0. The summed E-state index contributed by atoms with van der Waals surface area (Å²) in [6, 6.07) is 5.31. The van der Waals surface area contributed by atoms with E-state index in [1.165, 1.54) is 18.4 Å². The molecule has 0 fully saturated rings. The fourth-order valence-corrected chi connectivity index (χ4v) is 2.22. The Kier molecular flexibility index (Phi) is 3.64. The standard InChI is InChI=1S/C11H7ClN4O2S/c1-18-11(17)8-7(12)9(14)16-10(15-8)6-3-2-5(4-13)19-6/h2-3H,1H3,(H2,14,15,16). The first kappa shape index (κ1) is 13.3. The number of aromatic nitrogens is 2. The molecule has 2 aromatic rings. The number of methoxy groups -OCH3 is 1. The van der Waals surface area contributed by atoms with Gasteiger partial charge in [0, 0.05) is 0 Å². The maximum absolute atomic E-state index is 11.5. The molecule has 96 valence electrons. The Morgan fingerprint density at radius 3 is 2.84 bits per heavy atom. The Hall–Kier alpha value is -2.17. The lowest BCUT2D eigenvalue weighted by molar-refractivity contribution is 0.0594. The Balaban J connectivity index is 2.56. The lowest BCUT2D eigenvalue weighted by Crippen LogP contribution is -2.09. The van der Waals surface area contributed by atoms with Crippen LogP contribution in [-0.2, 0) is 4.74 Å². The van der Waals surface area contributed by atoms with Gasteiger partial charge in [-0.25, -0.2) is 14.8 Å². The first-order valence-electron chi connectivity index (χ1n) is 4.98. The number of carbonyl (C=O) groups is 1. The minimum absolute atomic E-state index is 0.0148. The van der Waals surface area contributed by atoms with Gasteiger partial charge < -0.3 is 10.5 Å². The molecule has 0 saturated heterocycles. The van der Waals surface area contributed by atoms with Gasteiger partial charge in [-0.05, 0) is 12.1 Å². The lowest BCUT2D eigenvalue weighted by Gasteiger charge is -2.05. The molecule has 0 atom stereocenters. The summed E-state index contributed by atoms with van der Waals surface area (Å²) in [4.78, 5) is 20.7. The highest BCUT2D eigenvalue weighted by Crippen LogP contribution is 2.29. The number of esters is 1. The van der Waals surface area contributed by atoms with Gasteiger partial charge in [-0.15, -0.1) is 11.3 Å². The minimum atomic E-state index is -0.697. The second-order valence-electron chi connectivity index (χ2n) is 3.36. The second kappa shape index (κ2) is 5.22. The number of nitrogens with zero attached hydrogens (tertiary/aromatic N) is 3. The minimum Gasteiger partial charge on any atom is -0.464 e. The summed E-state index contributed by atoms with van der Waals surface area (Å²) >= 11 is 7.05. The molecule has 0 bridgehead atoms. The van der Waals surface area contributed by atoms with Crippen molar-refractivity contribution in [2.75, 3.05) is 12.8 Å². The van der Waals surface area contributed by atoms with Gasteiger partial charge in [0.15, 0.2) is 11.5 Å². The van der Waals surface area contributed by atoms with Gasteiger partial charge >= 0.3 is 5.97 Å². The zero-order valence-electron chi connectivity index (χ0n) is 9.68. The lowest BCUT2D eigenvalue weighted by atomic mass is 10.3. The molecule has 6 nitrogen and oxygen atoms in total. The number of hydrogen-bond donors (Lipinski definition) is 1. The van der Waals surface area contributed by atoms with E-state index in [0.29, 0.717) is 9.75 Å². The average Bonchev–Trinajstić information content (AvgIpc) is 2.89. The quantitative estimate of drug-likeness (QED) is 0.851. The zero-order chi connectivity index (χ0) is 14.0. The SMILES string of the molecule is COC(=O)c1nc(-c2ccc(C#N)s2)nc(N)c1Cl. The number of anilines is 1. The number of ether oxygens (including phenoxy) is 1. The molecule has 0 aromatic carbocycles. The van der Waals surface area contributed by atoms with Crippen LogP contribution in [0.25, 0.3) is 10.7 Å². The Labute approximate surface area is 117 Å². The fourth-order valence-electron chi connectivity index (χ4n) is 1.32. The first-order valence-corrected chi connectivity index (χ1v) is 6.18. The van der Waals surface area contributed by atoms with Crippen molar-refractivity contribution in [2.24, 2.45) is 0 Å². The predicted molar refractivity (Wildman–Crippen MR) is 70.8 cm³/mol. The molecule has 0 amide bonds. The van der Waals surface area contributed by atoms with Gasteiger partial charge in [-0.2, -0.15) is 5.26 Å². The molecule has 8 heteroatoms. The molecule has 0 radical (unpaired) electrons. The topological polar surface area (TPSA) is 102 Å². The van der Waals surface area contributed by atoms with Gasteiger partial charge in [0.25, 0.3) is 0 Å². The summed E-state index contributed by atoms with van der Waals surface area (Å²) in [5.74, 6) is -0.481. The number of halogens is 1. The van der Waals surface area contributed by atoms with Crippen LogP contribution in [0.4, 0.5) is 5.82 Å². The number of nitrogens with two attached hydrogens (primary N) is 1. The van der Waals surface area contributed by atoms with Crippen molar-refractivity contribution >= 4 is 34.7 Å². The van der Waals surface area contributed by atoms with Crippen molar-refractivity contribution in [1.82, 2.24) is 9.97 Å². The first-order chi connectivity index (χ1) is 9.06. The second-order valence-corrected chi connectivity index (χ2v) is 4.82. The van der Waals surface area contributed by atoms with Gasteiger partial charge in [0.05, 0.1) is 12.0 Å². The summed E-state index contributed by atoms with van der Waals surface area (Å²) in [5, 5.41) is 8.73. The highest BCUT2D eigenvalue weighted by Gasteiger charge is 2.19. The molecule has 0 saturated carbocycles. The zero-order valence-corrected chi connectivity index (χ0v) is 11.2. The molecule has 0 aliphatic heterocycles. The fraction of sp³-hybridized carbons (Fsp3) is 0.0909. The summed E-state index contributed by atoms with van der Waals surface area (Å²) in [7, 11) is 1.22. The van der Waals surface area contributed by atoms with Crippen LogP contribution < -0.4 is 5.73 Å². The summed E-state index contributed by atoms with van der Waals surface area (Å²) in [5.41, 5.74) is 5.54. The third kappa shape index (κ3) is 2.50. The third-order valence-electron chi connectivity index (χ3n) is 2.19. The summed E-state index contributed by atoms with van der Waals surface area (Å²) < 4.78 is 4.57. The Bertz CT molecular complexity index is 692. The van der Waals surface area contributed by atoms with E-state index in [1.807, 2.05) is 6.07 Å². The van der Waals surface area contributed by atoms with Crippen LogP contribution >= 0.6 is 22.9 Å². The van der Waals surface area contributed by atoms with E-state index in [1.54, 1.807) is 12.1 Å².